The molecule has 0 atom stereocenters. The quantitative estimate of drug-likeness (QED) is 0.438. The first-order valence-corrected chi connectivity index (χ1v) is 9.17. The largest absolute Gasteiger partial charge is 0.511 e. The van der Waals surface area contributed by atoms with Crippen LogP contribution in [0, 0.1) is 0 Å². The van der Waals surface area contributed by atoms with Crippen molar-refractivity contribution in [2.75, 3.05) is 13.1 Å². The number of hydrogen-bond donors (Lipinski definition) is 3. The number of carboxylic acid groups (broad SMARTS) is 1. The third-order valence-corrected chi connectivity index (χ3v) is 4.44. The molecule has 0 fully saturated rings. The van der Waals surface area contributed by atoms with E-state index in [0.717, 1.165) is 18.4 Å². The molecule has 0 bridgehead atoms. The number of carboxylic acids is 1. The molecule has 0 saturated heterocycles. The molecule has 1 aromatic carbocycles. The standard InChI is InChI=1S/C20H24N2O6/c1-2-3-4-15(23)14-7-5-13(6-8-14)12-22-10-9-16(24)18(20(22)28)19(27)21-11-17(25)26/h5-8,24H,2-4,9-12H2,1H3,(H,21,27)(H,25,26). The minimum atomic E-state index is -1.25. The maximum atomic E-state index is 12.6. The predicted octanol–water partition coefficient (Wildman–Crippen LogP) is 1.80. The zero-order chi connectivity index (χ0) is 20.7. The monoisotopic (exact) mass is 388 g/mol. The van der Waals surface area contributed by atoms with E-state index in [1.54, 1.807) is 24.3 Å². The Morgan fingerprint density at radius 3 is 2.46 bits per heavy atom. The number of carbonyl (C=O) groups excluding carboxylic acids is 3. The molecular formula is C20H24N2O6. The number of aliphatic hydroxyl groups excluding tert-OH is 1. The minimum Gasteiger partial charge on any atom is -0.511 e. The molecule has 1 aromatic rings. The fraction of sp³-hybridized carbons (Fsp3) is 0.400. The highest BCUT2D eigenvalue weighted by Gasteiger charge is 2.32. The molecule has 1 aliphatic rings. The SMILES string of the molecule is CCCCC(=O)c1ccc(CN2CCC(O)=C(C(=O)NCC(=O)O)C2=O)cc1. The van der Waals surface area contributed by atoms with E-state index in [0.29, 0.717) is 12.0 Å². The lowest BCUT2D eigenvalue weighted by atomic mass is 10.0. The van der Waals surface area contributed by atoms with Gasteiger partial charge in [-0.1, -0.05) is 37.6 Å². The Morgan fingerprint density at radius 1 is 1.18 bits per heavy atom. The molecule has 0 aromatic heterocycles. The lowest BCUT2D eigenvalue weighted by Crippen LogP contribution is -2.43. The van der Waals surface area contributed by atoms with Crippen LogP contribution in [0.4, 0.5) is 0 Å². The van der Waals surface area contributed by atoms with Crippen LogP contribution in [0.15, 0.2) is 35.6 Å². The molecule has 2 amide bonds. The van der Waals surface area contributed by atoms with Crippen LogP contribution in [-0.4, -0.2) is 51.8 Å². The molecule has 28 heavy (non-hydrogen) atoms. The maximum absolute atomic E-state index is 12.6. The van der Waals surface area contributed by atoms with E-state index in [4.69, 9.17) is 5.11 Å². The average molecular weight is 388 g/mol. The van der Waals surface area contributed by atoms with Gasteiger partial charge in [0.1, 0.15) is 17.9 Å². The fourth-order valence-corrected chi connectivity index (χ4v) is 2.87. The normalized spacial score (nSPS) is 14.2. The van der Waals surface area contributed by atoms with Gasteiger partial charge in [0, 0.05) is 31.5 Å². The number of nitrogens with one attached hydrogen (secondary N) is 1. The zero-order valence-corrected chi connectivity index (χ0v) is 15.7. The third kappa shape index (κ3) is 5.42. The van der Waals surface area contributed by atoms with E-state index in [-0.39, 0.29) is 31.1 Å². The van der Waals surface area contributed by atoms with Gasteiger partial charge in [-0.05, 0) is 12.0 Å². The van der Waals surface area contributed by atoms with Crippen LogP contribution in [0.1, 0.15) is 48.5 Å². The predicted molar refractivity (Wildman–Crippen MR) is 101 cm³/mol. The topological polar surface area (TPSA) is 124 Å². The lowest BCUT2D eigenvalue weighted by Gasteiger charge is -2.28. The smallest absolute Gasteiger partial charge is 0.322 e. The van der Waals surface area contributed by atoms with Crippen molar-refractivity contribution in [3.63, 3.8) is 0 Å². The Kier molecular flexibility index (Phi) is 7.31. The molecule has 0 saturated carbocycles. The van der Waals surface area contributed by atoms with E-state index in [2.05, 4.69) is 5.32 Å². The van der Waals surface area contributed by atoms with E-state index in [1.807, 2.05) is 6.92 Å². The van der Waals surface area contributed by atoms with Gasteiger partial charge in [0.25, 0.3) is 11.8 Å². The van der Waals surface area contributed by atoms with Crippen LogP contribution < -0.4 is 5.32 Å². The van der Waals surface area contributed by atoms with E-state index < -0.39 is 29.9 Å². The van der Waals surface area contributed by atoms with Crippen LogP contribution in [0.2, 0.25) is 0 Å². The molecule has 8 heteroatoms. The Balaban J connectivity index is 2.04. The van der Waals surface area contributed by atoms with Crippen LogP contribution >= 0.6 is 0 Å². The van der Waals surface area contributed by atoms with Crippen molar-refractivity contribution in [3.05, 3.63) is 46.7 Å². The summed E-state index contributed by atoms with van der Waals surface area (Å²) in [6, 6.07) is 6.95. The van der Waals surface area contributed by atoms with Gasteiger partial charge in [-0.25, -0.2) is 0 Å². The summed E-state index contributed by atoms with van der Waals surface area (Å²) in [4.78, 5) is 48.6. The summed E-state index contributed by atoms with van der Waals surface area (Å²) in [5.41, 5.74) is 0.972. The average Bonchev–Trinajstić information content (AvgIpc) is 2.67. The molecule has 8 nitrogen and oxygen atoms in total. The van der Waals surface area contributed by atoms with Gasteiger partial charge in [-0.15, -0.1) is 0 Å². The summed E-state index contributed by atoms with van der Waals surface area (Å²) in [5.74, 6) is -3.09. The number of benzene rings is 1. The third-order valence-electron chi connectivity index (χ3n) is 4.44. The number of unbranched alkanes of at least 4 members (excludes halogenated alkanes) is 1. The van der Waals surface area contributed by atoms with Gasteiger partial charge < -0.3 is 20.4 Å². The molecule has 150 valence electrons. The first-order valence-electron chi connectivity index (χ1n) is 9.17. The second-order valence-electron chi connectivity index (χ2n) is 6.60. The van der Waals surface area contributed by atoms with Crippen LogP contribution in [0.3, 0.4) is 0 Å². The summed E-state index contributed by atoms with van der Waals surface area (Å²) >= 11 is 0. The number of hydrogen-bond acceptors (Lipinski definition) is 5. The molecular weight excluding hydrogens is 364 g/mol. The molecule has 1 aliphatic heterocycles. The minimum absolute atomic E-state index is 0.0766. The summed E-state index contributed by atoms with van der Waals surface area (Å²) in [5, 5.41) is 20.6. The Morgan fingerprint density at radius 2 is 1.86 bits per heavy atom. The fourth-order valence-electron chi connectivity index (χ4n) is 2.87. The first kappa shape index (κ1) is 21.1. The highest BCUT2D eigenvalue weighted by molar-refractivity contribution is 6.19. The number of aliphatic hydroxyl groups is 1. The first-order chi connectivity index (χ1) is 13.3. The van der Waals surface area contributed by atoms with Crippen LogP contribution in [-0.2, 0) is 20.9 Å². The van der Waals surface area contributed by atoms with Gasteiger partial charge in [-0.3, -0.25) is 19.2 Å². The maximum Gasteiger partial charge on any atom is 0.322 e. The van der Waals surface area contributed by atoms with Crippen LogP contribution in [0.25, 0.3) is 0 Å². The van der Waals surface area contributed by atoms with Crippen molar-refractivity contribution < 1.29 is 29.4 Å². The number of aliphatic carboxylic acids is 1. The molecule has 0 aliphatic carbocycles. The van der Waals surface area contributed by atoms with Gasteiger partial charge in [0.2, 0.25) is 0 Å². The number of Topliss-reactive ketones (excluding diaryl/α,β-unsaturated/α-hetero) is 1. The van der Waals surface area contributed by atoms with Crippen molar-refractivity contribution in [3.8, 4) is 0 Å². The molecule has 2 rings (SSSR count). The highest BCUT2D eigenvalue weighted by atomic mass is 16.4. The van der Waals surface area contributed by atoms with E-state index in [1.165, 1.54) is 4.90 Å². The van der Waals surface area contributed by atoms with Gasteiger partial charge >= 0.3 is 5.97 Å². The van der Waals surface area contributed by atoms with Crippen molar-refractivity contribution in [1.82, 2.24) is 10.2 Å². The molecule has 0 spiro atoms. The number of carbonyl (C=O) groups is 4. The van der Waals surface area contributed by atoms with Crippen molar-refractivity contribution in [2.24, 2.45) is 0 Å². The van der Waals surface area contributed by atoms with Gasteiger partial charge in [0.15, 0.2) is 5.78 Å². The number of ketones is 1. The van der Waals surface area contributed by atoms with Gasteiger partial charge in [-0.2, -0.15) is 0 Å². The summed E-state index contributed by atoms with van der Waals surface area (Å²) in [7, 11) is 0. The number of rotatable bonds is 9. The van der Waals surface area contributed by atoms with E-state index in [9.17, 15) is 24.3 Å². The summed E-state index contributed by atoms with van der Waals surface area (Å²) < 4.78 is 0. The second-order valence-corrected chi connectivity index (χ2v) is 6.60. The van der Waals surface area contributed by atoms with Crippen molar-refractivity contribution in [2.45, 2.75) is 39.2 Å². The molecule has 0 radical (unpaired) electrons. The second kappa shape index (κ2) is 9.68. The zero-order valence-electron chi connectivity index (χ0n) is 15.7. The summed E-state index contributed by atoms with van der Waals surface area (Å²) in [6.45, 7) is 1.83. The highest BCUT2D eigenvalue weighted by Crippen LogP contribution is 2.20. The van der Waals surface area contributed by atoms with Crippen molar-refractivity contribution >= 4 is 23.6 Å². The van der Waals surface area contributed by atoms with Crippen molar-refractivity contribution in [1.29, 1.82) is 0 Å². The summed E-state index contributed by atoms with van der Waals surface area (Å²) in [6.07, 6.45) is 2.39. The number of amides is 2. The molecule has 1 heterocycles. The van der Waals surface area contributed by atoms with Crippen LogP contribution in [0.5, 0.6) is 0 Å². The Hall–Kier alpha value is -3.16. The lowest BCUT2D eigenvalue weighted by molar-refractivity contribution is -0.138. The Labute approximate surface area is 162 Å². The molecule has 3 N–H and O–H groups in total. The Bertz CT molecular complexity index is 797. The molecule has 0 unspecified atom stereocenters. The van der Waals surface area contributed by atoms with Gasteiger partial charge in [0.05, 0.1) is 0 Å². The van der Waals surface area contributed by atoms with E-state index >= 15 is 0 Å². The number of nitrogens with zero attached hydrogens (tertiary/aromatic N) is 1.